The van der Waals surface area contributed by atoms with Gasteiger partial charge in [0.05, 0.1) is 11.0 Å². The summed E-state index contributed by atoms with van der Waals surface area (Å²) in [7, 11) is 0. The molecule has 3 aromatic rings. The Morgan fingerprint density at radius 1 is 1.29 bits per heavy atom. The molecule has 2 heterocycles. The van der Waals surface area contributed by atoms with Crippen LogP contribution in [0.1, 0.15) is 40.5 Å². The Morgan fingerprint density at radius 2 is 2.11 bits per heavy atom. The van der Waals surface area contributed by atoms with Gasteiger partial charge in [-0.2, -0.15) is 5.10 Å². The maximum Gasteiger partial charge on any atom is 0.307 e. The van der Waals surface area contributed by atoms with Gasteiger partial charge in [0.1, 0.15) is 18.9 Å². The van der Waals surface area contributed by atoms with E-state index in [9.17, 15) is 14.9 Å². The van der Waals surface area contributed by atoms with Gasteiger partial charge in [-0.25, -0.2) is 0 Å². The zero-order chi connectivity index (χ0) is 19.5. The smallest absolute Gasteiger partial charge is 0.307 e. The molecule has 2 aromatic heterocycles. The number of aryl methyl sites for hydroxylation is 2. The van der Waals surface area contributed by atoms with Crippen molar-refractivity contribution in [2.75, 3.05) is 0 Å². The molecule has 0 bridgehead atoms. The first-order valence-electron chi connectivity index (χ1n) is 9.21. The molecule has 0 saturated heterocycles. The number of amides is 1. The van der Waals surface area contributed by atoms with E-state index in [1.165, 1.54) is 34.8 Å². The van der Waals surface area contributed by atoms with E-state index in [2.05, 4.69) is 28.6 Å². The van der Waals surface area contributed by atoms with Crippen LogP contribution in [0.4, 0.5) is 5.69 Å². The molecule has 28 heavy (non-hydrogen) atoms. The van der Waals surface area contributed by atoms with Crippen LogP contribution in [0.5, 0.6) is 0 Å². The van der Waals surface area contributed by atoms with Crippen LogP contribution in [0.25, 0.3) is 0 Å². The van der Waals surface area contributed by atoms with Gasteiger partial charge in [-0.1, -0.05) is 24.3 Å². The number of hydrogen-bond donors (Lipinski definition) is 1. The fourth-order valence-electron chi connectivity index (χ4n) is 3.59. The molecule has 1 aliphatic carbocycles. The molecule has 1 N–H and O–H groups in total. The first-order chi connectivity index (χ1) is 13.6. The molecule has 0 spiro atoms. The van der Waals surface area contributed by atoms with Gasteiger partial charge in [-0.3, -0.25) is 19.6 Å². The Labute approximate surface area is 166 Å². The summed E-state index contributed by atoms with van der Waals surface area (Å²) in [4.78, 5) is 23.9. The Kier molecular flexibility index (Phi) is 5.21. The van der Waals surface area contributed by atoms with Crippen molar-refractivity contribution in [1.29, 1.82) is 0 Å². The van der Waals surface area contributed by atoms with Crippen molar-refractivity contribution in [3.05, 3.63) is 79.8 Å². The van der Waals surface area contributed by atoms with Crippen LogP contribution < -0.4 is 5.32 Å². The summed E-state index contributed by atoms with van der Waals surface area (Å²) in [5, 5.41) is 19.7. The number of aromatic nitrogens is 2. The lowest BCUT2D eigenvalue weighted by atomic mass is 9.89. The minimum atomic E-state index is -0.525. The number of nitrogens with zero attached hydrogens (tertiary/aromatic N) is 3. The molecule has 7 nitrogen and oxygen atoms in total. The number of carbonyl (C=O) groups is 1. The van der Waals surface area contributed by atoms with Crippen molar-refractivity contribution in [2.24, 2.45) is 0 Å². The van der Waals surface area contributed by atoms with Crippen LogP contribution in [0.2, 0.25) is 0 Å². The van der Waals surface area contributed by atoms with E-state index < -0.39 is 4.92 Å². The summed E-state index contributed by atoms with van der Waals surface area (Å²) < 4.78 is 1.28. The van der Waals surface area contributed by atoms with Crippen LogP contribution in [0, 0.1) is 10.1 Å². The Hall–Kier alpha value is -3.00. The fourth-order valence-corrected chi connectivity index (χ4v) is 4.40. The maximum atomic E-state index is 12.6. The van der Waals surface area contributed by atoms with E-state index in [1.807, 2.05) is 17.5 Å². The maximum absolute atomic E-state index is 12.6. The van der Waals surface area contributed by atoms with Gasteiger partial charge in [0.15, 0.2) is 0 Å². The second-order valence-corrected chi connectivity index (χ2v) is 7.88. The largest absolute Gasteiger partial charge is 0.343 e. The average Bonchev–Trinajstić information content (AvgIpc) is 3.38. The van der Waals surface area contributed by atoms with Crippen molar-refractivity contribution in [2.45, 2.75) is 38.3 Å². The quantitative estimate of drug-likeness (QED) is 0.509. The van der Waals surface area contributed by atoms with Crippen molar-refractivity contribution in [3.63, 3.8) is 0 Å². The molecule has 0 aliphatic heterocycles. The fraction of sp³-hybridized carbons (Fsp3) is 0.300. The van der Waals surface area contributed by atoms with Gasteiger partial charge in [0.2, 0.25) is 5.91 Å². The van der Waals surface area contributed by atoms with Crippen molar-refractivity contribution in [1.82, 2.24) is 15.1 Å². The van der Waals surface area contributed by atoms with E-state index in [0.29, 0.717) is 0 Å². The SMILES string of the molecule is O=C(Cn1cc([N+](=O)[O-])cn1)NC(c1ccc2c(c1)CCCC2)c1cccs1. The lowest BCUT2D eigenvalue weighted by molar-refractivity contribution is -0.385. The molecular formula is C20H20N4O3S. The molecule has 1 amide bonds. The zero-order valence-electron chi connectivity index (χ0n) is 15.2. The topological polar surface area (TPSA) is 90.1 Å². The predicted molar refractivity (Wildman–Crippen MR) is 106 cm³/mol. The summed E-state index contributed by atoms with van der Waals surface area (Å²) in [6.45, 7) is -0.0688. The Balaban J connectivity index is 1.55. The molecule has 1 aliphatic rings. The third-order valence-corrected chi connectivity index (χ3v) is 5.91. The normalized spacial score (nSPS) is 14.3. The predicted octanol–water partition coefficient (Wildman–Crippen LogP) is 3.64. The van der Waals surface area contributed by atoms with Crippen molar-refractivity contribution in [3.8, 4) is 0 Å². The summed E-state index contributed by atoms with van der Waals surface area (Å²) in [5.74, 6) is -0.242. The Bertz CT molecular complexity index is 997. The van der Waals surface area contributed by atoms with Crippen LogP contribution in [-0.4, -0.2) is 20.6 Å². The zero-order valence-corrected chi connectivity index (χ0v) is 16.0. The van der Waals surface area contributed by atoms with E-state index in [0.717, 1.165) is 29.5 Å². The molecule has 1 aromatic carbocycles. The second-order valence-electron chi connectivity index (χ2n) is 6.90. The van der Waals surface area contributed by atoms with Crippen molar-refractivity contribution >= 4 is 22.9 Å². The molecule has 1 atom stereocenters. The van der Waals surface area contributed by atoms with Crippen LogP contribution >= 0.6 is 11.3 Å². The van der Waals surface area contributed by atoms with Gasteiger partial charge >= 0.3 is 5.69 Å². The average molecular weight is 396 g/mol. The van der Waals surface area contributed by atoms with Crippen molar-refractivity contribution < 1.29 is 9.72 Å². The highest BCUT2D eigenvalue weighted by atomic mass is 32.1. The Morgan fingerprint density at radius 3 is 2.82 bits per heavy atom. The molecule has 1 unspecified atom stereocenters. The third-order valence-electron chi connectivity index (χ3n) is 4.97. The highest BCUT2D eigenvalue weighted by Crippen LogP contribution is 2.30. The lowest BCUT2D eigenvalue weighted by Gasteiger charge is -2.22. The monoisotopic (exact) mass is 396 g/mol. The standard InChI is InChI=1S/C20H20N4O3S/c25-19(13-23-12-17(11-21-23)24(26)27)22-20(18-6-3-9-28-18)16-8-7-14-4-1-2-5-15(14)10-16/h3,6-12,20H,1-2,4-5,13H2,(H,22,25). The number of fused-ring (bicyclic) bond motifs is 1. The summed E-state index contributed by atoms with van der Waals surface area (Å²) in [5.41, 5.74) is 3.69. The summed E-state index contributed by atoms with van der Waals surface area (Å²) in [6.07, 6.45) is 7.03. The van der Waals surface area contributed by atoms with E-state index in [4.69, 9.17) is 0 Å². The molecule has 0 saturated carbocycles. The number of rotatable bonds is 6. The minimum Gasteiger partial charge on any atom is -0.343 e. The van der Waals surface area contributed by atoms with Crippen LogP contribution in [0.15, 0.2) is 48.1 Å². The van der Waals surface area contributed by atoms with Crippen LogP contribution in [-0.2, 0) is 24.2 Å². The highest BCUT2D eigenvalue weighted by Gasteiger charge is 2.21. The second kappa shape index (κ2) is 7.93. The summed E-state index contributed by atoms with van der Waals surface area (Å²) >= 11 is 1.59. The molecule has 8 heteroatoms. The van der Waals surface area contributed by atoms with Gasteiger partial charge in [0.25, 0.3) is 0 Å². The number of hydrogen-bond acceptors (Lipinski definition) is 5. The highest BCUT2D eigenvalue weighted by molar-refractivity contribution is 7.10. The lowest BCUT2D eigenvalue weighted by Crippen LogP contribution is -2.32. The number of nitrogens with one attached hydrogen (secondary N) is 1. The third kappa shape index (κ3) is 3.96. The first kappa shape index (κ1) is 18.4. The number of carbonyl (C=O) groups excluding carboxylic acids is 1. The molecule has 0 fully saturated rings. The summed E-state index contributed by atoms with van der Waals surface area (Å²) in [6, 6.07) is 10.2. The number of benzene rings is 1. The first-order valence-corrected chi connectivity index (χ1v) is 10.1. The molecule has 0 radical (unpaired) electrons. The minimum absolute atomic E-state index is 0.0688. The van der Waals surface area contributed by atoms with Crippen LogP contribution in [0.3, 0.4) is 0 Å². The molecule has 4 rings (SSSR count). The molecule has 144 valence electrons. The van der Waals surface area contributed by atoms with Gasteiger partial charge in [-0.15, -0.1) is 11.3 Å². The van der Waals surface area contributed by atoms with E-state index in [-0.39, 0.29) is 24.2 Å². The van der Waals surface area contributed by atoms with Gasteiger partial charge < -0.3 is 5.32 Å². The number of thiophene rings is 1. The van der Waals surface area contributed by atoms with E-state index in [1.54, 1.807) is 11.3 Å². The van der Waals surface area contributed by atoms with Gasteiger partial charge in [0, 0.05) is 4.88 Å². The van der Waals surface area contributed by atoms with Gasteiger partial charge in [-0.05, 0) is 53.8 Å². The van der Waals surface area contributed by atoms with E-state index >= 15 is 0 Å². The molecular weight excluding hydrogens is 376 g/mol. The number of nitro groups is 1.